The molecule has 0 saturated heterocycles. The van der Waals surface area contributed by atoms with Gasteiger partial charge in [-0.25, -0.2) is 0 Å². The zero-order valence-electron chi connectivity index (χ0n) is 10.8. The molecule has 0 unspecified atom stereocenters. The second-order valence-electron chi connectivity index (χ2n) is 4.14. The molecule has 1 amide bonds. The summed E-state index contributed by atoms with van der Waals surface area (Å²) in [6.45, 7) is 0.772. The van der Waals surface area contributed by atoms with E-state index in [4.69, 9.17) is 5.73 Å². The predicted molar refractivity (Wildman–Crippen MR) is 80.8 cm³/mol. The SMILES string of the molecule is CNC(=O)c1ccc(N)cc1NCCc1cccs1. The lowest BCUT2D eigenvalue weighted by molar-refractivity contribution is 0.0964. The Morgan fingerprint density at radius 2 is 2.21 bits per heavy atom. The Bertz CT molecular complexity index is 552. The first-order valence-corrected chi connectivity index (χ1v) is 6.96. The van der Waals surface area contributed by atoms with Crippen LogP contribution in [0.3, 0.4) is 0 Å². The van der Waals surface area contributed by atoms with Gasteiger partial charge >= 0.3 is 0 Å². The molecule has 1 aromatic heterocycles. The van der Waals surface area contributed by atoms with Gasteiger partial charge in [0.05, 0.1) is 5.56 Å². The van der Waals surface area contributed by atoms with Gasteiger partial charge in [0.25, 0.3) is 5.91 Å². The van der Waals surface area contributed by atoms with E-state index >= 15 is 0 Å². The van der Waals surface area contributed by atoms with E-state index in [1.54, 1.807) is 36.6 Å². The molecule has 0 fully saturated rings. The minimum Gasteiger partial charge on any atom is -0.399 e. The molecule has 0 aliphatic rings. The molecular weight excluding hydrogens is 258 g/mol. The van der Waals surface area contributed by atoms with Gasteiger partial charge in [0, 0.05) is 29.8 Å². The summed E-state index contributed by atoms with van der Waals surface area (Å²) < 4.78 is 0. The Labute approximate surface area is 116 Å². The van der Waals surface area contributed by atoms with Crippen molar-refractivity contribution < 1.29 is 4.79 Å². The molecule has 0 aliphatic carbocycles. The Balaban J connectivity index is 2.05. The number of nitrogens with one attached hydrogen (secondary N) is 2. The van der Waals surface area contributed by atoms with Crippen LogP contribution in [0.15, 0.2) is 35.7 Å². The topological polar surface area (TPSA) is 67.2 Å². The maximum absolute atomic E-state index is 11.7. The van der Waals surface area contributed by atoms with Gasteiger partial charge in [0.2, 0.25) is 0 Å². The van der Waals surface area contributed by atoms with Crippen molar-refractivity contribution in [3.63, 3.8) is 0 Å². The molecule has 0 bridgehead atoms. The minimum atomic E-state index is -0.112. The van der Waals surface area contributed by atoms with E-state index in [0.29, 0.717) is 11.3 Å². The van der Waals surface area contributed by atoms with Crippen LogP contribution in [0.2, 0.25) is 0 Å². The third kappa shape index (κ3) is 3.48. The fourth-order valence-corrected chi connectivity index (χ4v) is 2.52. The molecule has 2 rings (SSSR count). The lowest BCUT2D eigenvalue weighted by Gasteiger charge is -2.11. The first-order valence-electron chi connectivity index (χ1n) is 6.08. The van der Waals surface area contributed by atoms with Crippen molar-refractivity contribution in [2.45, 2.75) is 6.42 Å². The lowest BCUT2D eigenvalue weighted by Crippen LogP contribution is -2.20. The van der Waals surface area contributed by atoms with E-state index in [0.717, 1.165) is 18.7 Å². The highest BCUT2D eigenvalue weighted by Crippen LogP contribution is 2.19. The van der Waals surface area contributed by atoms with Crippen molar-refractivity contribution in [2.75, 3.05) is 24.6 Å². The van der Waals surface area contributed by atoms with Gasteiger partial charge in [-0.2, -0.15) is 0 Å². The number of rotatable bonds is 5. The number of anilines is 2. The maximum atomic E-state index is 11.7. The van der Waals surface area contributed by atoms with Crippen LogP contribution in [0.25, 0.3) is 0 Å². The Morgan fingerprint density at radius 3 is 2.89 bits per heavy atom. The number of thiophene rings is 1. The van der Waals surface area contributed by atoms with Gasteiger partial charge in [0.15, 0.2) is 0 Å². The van der Waals surface area contributed by atoms with Gasteiger partial charge in [0.1, 0.15) is 0 Å². The number of carbonyl (C=O) groups excluding carboxylic acids is 1. The summed E-state index contributed by atoms with van der Waals surface area (Å²) in [6, 6.07) is 9.40. The molecule has 0 aliphatic heterocycles. The maximum Gasteiger partial charge on any atom is 0.253 e. The highest BCUT2D eigenvalue weighted by atomic mass is 32.1. The van der Waals surface area contributed by atoms with Crippen molar-refractivity contribution in [2.24, 2.45) is 0 Å². The summed E-state index contributed by atoms with van der Waals surface area (Å²) in [5.74, 6) is -0.112. The number of benzene rings is 1. The van der Waals surface area contributed by atoms with Gasteiger partial charge in [-0.05, 0) is 36.1 Å². The van der Waals surface area contributed by atoms with Crippen LogP contribution in [0.4, 0.5) is 11.4 Å². The molecular formula is C14H17N3OS. The van der Waals surface area contributed by atoms with Crippen LogP contribution in [-0.4, -0.2) is 19.5 Å². The van der Waals surface area contributed by atoms with Gasteiger partial charge in [-0.3, -0.25) is 4.79 Å². The van der Waals surface area contributed by atoms with Crippen LogP contribution < -0.4 is 16.4 Å². The molecule has 2 aromatic rings. The quantitative estimate of drug-likeness (QED) is 0.734. The molecule has 1 aromatic carbocycles. The van der Waals surface area contributed by atoms with Gasteiger partial charge < -0.3 is 16.4 Å². The summed E-state index contributed by atoms with van der Waals surface area (Å²) in [5.41, 5.74) is 7.80. The second-order valence-corrected chi connectivity index (χ2v) is 5.17. The average molecular weight is 275 g/mol. The molecule has 0 radical (unpaired) electrons. The summed E-state index contributed by atoms with van der Waals surface area (Å²) in [5, 5.41) is 7.96. The van der Waals surface area contributed by atoms with Crippen molar-refractivity contribution in [3.8, 4) is 0 Å². The minimum absolute atomic E-state index is 0.112. The number of hydrogen-bond acceptors (Lipinski definition) is 4. The molecule has 1 heterocycles. The molecule has 0 spiro atoms. The van der Waals surface area contributed by atoms with E-state index in [2.05, 4.69) is 22.1 Å². The van der Waals surface area contributed by atoms with Crippen LogP contribution in [0, 0.1) is 0 Å². The zero-order valence-corrected chi connectivity index (χ0v) is 11.6. The number of nitrogen functional groups attached to an aromatic ring is 1. The molecule has 19 heavy (non-hydrogen) atoms. The van der Waals surface area contributed by atoms with E-state index in [1.165, 1.54) is 4.88 Å². The van der Waals surface area contributed by atoms with Crippen molar-refractivity contribution in [1.82, 2.24) is 5.32 Å². The van der Waals surface area contributed by atoms with Crippen molar-refractivity contribution in [3.05, 3.63) is 46.2 Å². The zero-order chi connectivity index (χ0) is 13.7. The third-order valence-corrected chi connectivity index (χ3v) is 3.72. The average Bonchev–Trinajstić information content (AvgIpc) is 2.91. The summed E-state index contributed by atoms with van der Waals surface area (Å²) in [6.07, 6.45) is 0.930. The number of nitrogens with two attached hydrogens (primary N) is 1. The van der Waals surface area contributed by atoms with E-state index in [-0.39, 0.29) is 5.91 Å². The highest BCUT2D eigenvalue weighted by molar-refractivity contribution is 7.09. The Morgan fingerprint density at radius 1 is 1.37 bits per heavy atom. The second kappa shape index (κ2) is 6.24. The van der Waals surface area contributed by atoms with Crippen LogP contribution in [-0.2, 0) is 6.42 Å². The largest absolute Gasteiger partial charge is 0.399 e. The normalized spacial score (nSPS) is 10.2. The number of carbonyl (C=O) groups is 1. The molecule has 4 nitrogen and oxygen atoms in total. The van der Waals surface area contributed by atoms with Gasteiger partial charge in [-0.1, -0.05) is 6.07 Å². The summed E-state index contributed by atoms with van der Waals surface area (Å²) >= 11 is 1.73. The Hall–Kier alpha value is -2.01. The number of amides is 1. The molecule has 0 atom stereocenters. The molecule has 5 heteroatoms. The smallest absolute Gasteiger partial charge is 0.253 e. The molecule has 100 valence electrons. The van der Waals surface area contributed by atoms with E-state index in [1.807, 2.05) is 6.07 Å². The van der Waals surface area contributed by atoms with E-state index in [9.17, 15) is 4.79 Å². The first kappa shape index (κ1) is 13.4. The van der Waals surface area contributed by atoms with Gasteiger partial charge in [-0.15, -0.1) is 11.3 Å². The number of hydrogen-bond donors (Lipinski definition) is 3. The highest BCUT2D eigenvalue weighted by Gasteiger charge is 2.09. The van der Waals surface area contributed by atoms with Crippen LogP contribution >= 0.6 is 11.3 Å². The Kier molecular flexibility index (Phi) is 4.41. The lowest BCUT2D eigenvalue weighted by atomic mass is 10.1. The standard InChI is InChI=1S/C14H17N3OS/c1-16-14(18)12-5-4-10(15)9-13(12)17-7-6-11-3-2-8-19-11/h2-5,8-9,17H,6-7,15H2,1H3,(H,16,18). The van der Waals surface area contributed by atoms with Crippen LogP contribution in [0.5, 0.6) is 0 Å². The summed E-state index contributed by atoms with van der Waals surface area (Å²) in [4.78, 5) is 13.1. The van der Waals surface area contributed by atoms with Crippen molar-refractivity contribution in [1.29, 1.82) is 0 Å². The van der Waals surface area contributed by atoms with Crippen molar-refractivity contribution >= 4 is 28.6 Å². The molecule has 4 N–H and O–H groups in total. The van der Waals surface area contributed by atoms with E-state index < -0.39 is 0 Å². The fourth-order valence-electron chi connectivity index (χ4n) is 1.82. The monoisotopic (exact) mass is 275 g/mol. The summed E-state index contributed by atoms with van der Waals surface area (Å²) in [7, 11) is 1.62. The first-order chi connectivity index (χ1) is 9.20. The predicted octanol–water partition coefficient (Wildman–Crippen LogP) is 2.34. The van der Waals surface area contributed by atoms with Crippen LogP contribution in [0.1, 0.15) is 15.2 Å². The molecule has 0 saturated carbocycles. The fraction of sp³-hybridized carbons (Fsp3) is 0.214. The third-order valence-electron chi connectivity index (χ3n) is 2.78.